The van der Waals surface area contributed by atoms with E-state index >= 15 is 0 Å². The monoisotopic (exact) mass is 458 g/mol. The van der Waals surface area contributed by atoms with Crippen LogP contribution in [0, 0.1) is 0 Å². The standard InChI is InChI=1S/C18H30N6.HI/c1-7-19-18(20-10-15-8-9-22(4)11-15)23(5)12-16-13-24(6)21-17(16)14(2)3;/h8-9,11,13-14H,7,10,12H2,1-6H3,(H,19,20);1H. The second-order valence-corrected chi connectivity index (χ2v) is 6.58. The minimum absolute atomic E-state index is 0. The minimum Gasteiger partial charge on any atom is -0.357 e. The Kier molecular flexibility index (Phi) is 8.47. The van der Waals surface area contributed by atoms with Crippen molar-refractivity contribution in [3.05, 3.63) is 41.5 Å². The molecular weight excluding hydrogens is 427 g/mol. The van der Waals surface area contributed by atoms with Crippen molar-refractivity contribution in [2.45, 2.75) is 39.8 Å². The van der Waals surface area contributed by atoms with Crippen LogP contribution in [0.2, 0.25) is 0 Å². The van der Waals surface area contributed by atoms with Crippen molar-refractivity contribution in [2.75, 3.05) is 13.6 Å². The quantitative estimate of drug-likeness (QED) is 0.411. The van der Waals surface area contributed by atoms with Gasteiger partial charge < -0.3 is 14.8 Å². The van der Waals surface area contributed by atoms with Crippen LogP contribution in [0.1, 0.15) is 43.5 Å². The summed E-state index contributed by atoms with van der Waals surface area (Å²) in [6.45, 7) is 8.78. The summed E-state index contributed by atoms with van der Waals surface area (Å²) in [6, 6.07) is 2.10. The van der Waals surface area contributed by atoms with E-state index < -0.39 is 0 Å². The number of nitrogens with zero attached hydrogens (tertiary/aromatic N) is 5. The van der Waals surface area contributed by atoms with Crippen LogP contribution in [0.3, 0.4) is 0 Å². The second-order valence-electron chi connectivity index (χ2n) is 6.58. The molecule has 0 aliphatic rings. The molecule has 0 aromatic carbocycles. The van der Waals surface area contributed by atoms with Gasteiger partial charge in [-0.3, -0.25) is 4.68 Å². The van der Waals surface area contributed by atoms with Crippen LogP contribution >= 0.6 is 24.0 Å². The molecule has 2 aromatic rings. The van der Waals surface area contributed by atoms with E-state index in [4.69, 9.17) is 4.99 Å². The lowest BCUT2D eigenvalue weighted by Gasteiger charge is -2.22. The van der Waals surface area contributed by atoms with E-state index in [0.29, 0.717) is 12.5 Å². The molecule has 0 bridgehead atoms. The lowest BCUT2D eigenvalue weighted by atomic mass is 10.1. The van der Waals surface area contributed by atoms with Crippen molar-refractivity contribution in [1.82, 2.24) is 24.6 Å². The van der Waals surface area contributed by atoms with Gasteiger partial charge in [0.25, 0.3) is 0 Å². The number of rotatable bonds is 6. The van der Waals surface area contributed by atoms with Gasteiger partial charge in [-0.1, -0.05) is 13.8 Å². The normalized spacial score (nSPS) is 11.6. The molecule has 0 unspecified atom stereocenters. The number of hydrogen-bond donors (Lipinski definition) is 1. The fraction of sp³-hybridized carbons (Fsp3) is 0.556. The molecule has 2 heterocycles. The first kappa shape index (κ1) is 21.5. The van der Waals surface area contributed by atoms with E-state index in [1.807, 2.05) is 29.5 Å². The third-order valence-corrected chi connectivity index (χ3v) is 3.89. The Hall–Kier alpha value is -1.51. The number of aryl methyl sites for hydroxylation is 2. The molecule has 140 valence electrons. The Labute approximate surface area is 168 Å². The van der Waals surface area contributed by atoms with Crippen molar-refractivity contribution in [3.63, 3.8) is 0 Å². The molecule has 0 fully saturated rings. The van der Waals surface area contributed by atoms with Gasteiger partial charge in [0.2, 0.25) is 0 Å². The Morgan fingerprint density at radius 3 is 2.60 bits per heavy atom. The highest BCUT2D eigenvalue weighted by molar-refractivity contribution is 14.0. The number of aromatic nitrogens is 3. The van der Waals surface area contributed by atoms with Gasteiger partial charge in [-0.25, -0.2) is 4.99 Å². The summed E-state index contributed by atoms with van der Waals surface area (Å²) in [5, 5.41) is 7.97. The summed E-state index contributed by atoms with van der Waals surface area (Å²) >= 11 is 0. The van der Waals surface area contributed by atoms with E-state index in [1.165, 1.54) is 11.1 Å². The summed E-state index contributed by atoms with van der Waals surface area (Å²) in [5.74, 6) is 1.33. The Balaban J connectivity index is 0.00000312. The molecule has 0 saturated carbocycles. The van der Waals surface area contributed by atoms with Gasteiger partial charge in [-0.15, -0.1) is 24.0 Å². The number of hydrogen-bond acceptors (Lipinski definition) is 2. The van der Waals surface area contributed by atoms with E-state index in [-0.39, 0.29) is 24.0 Å². The first-order chi connectivity index (χ1) is 11.4. The summed E-state index contributed by atoms with van der Waals surface area (Å²) in [4.78, 5) is 6.93. The molecule has 1 N–H and O–H groups in total. The number of nitrogens with one attached hydrogen (secondary N) is 1. The Bertz CT molecular complexity index is 686. The molecule has 0 amide bonds. The third kappa shape index (κ3) is 6.05. The molecule has 0 radical (unpaired) electrons. The van der Waals surface area contributed by atoms with Gasteiger partial charge in [0.15, 0.2) is 5.96 Å². The van der Waals surface area contributed by atoms with Crippen molar-refractivity contribution >= 4 is 29.9 Å². The first-order valence-corrected chi connectivity index (χ1v) is 8.53. The van der Waals surface area contributed by atoms with Crippen LogP contribution in [0.5, 0.6) is 0 Å². The largest absolute Gasteiger partial charge is 0.357 e. The molecule has 25 heavy (non-hydrogen) atoms. The summed E-state index contributed by atoms with van der Waals surface area (Å²) in [6.07, 6.45) is 6.25. The van der Waals surface area contributed by atoms with Gasteiger partial charge in [-0.2, -0.15) is 5.10 Å². The van der Waals surface area contributed by atoms with Crippen LogP contribution in [-0.2, 0) is 27.2 Å². The molecule has 0 aliphatic carbocycles. The van der Waals surface area contributed by atoms with Crippen molar-refractivity contribution < 1.29 is 0 Å². The molecule has 7 heteroatoms. The molecule has 6 nitrogen and oxygen atoms in total. The SMILES string of the molecule is CCNC(=NCc1ccn(C)c1)N(C)Cc1cn(C)nc1C(C)C.I. The maximum Gasteiger partial charge on any atom is 0.194 e. The van der Waals surface area contributed by atoms with Crippen LogP contribution in [-0.4, -0.2) is 38.8 Å². The Morgan fingerprint density at radius 1 is 1.32 bits per heavy atom. The summed E-state index contributed by atoms with van der Waals surface area (Å²) in [5.41, 5.74) is 3.62. The van der Waals surface area contributed by atoms with Crippen LogP contribution in [0.25, 0.3) is 0 Å². The molecule has 0 aliphatic heterocycles. The maximum absolute atomic E-state index is 4.77. The highest BCUT2D eigenvalue weighted by Crippen LogP contribution is 2.18. The third-order valence-electron chi connectivity index (χ3n) is 3.89. The summed E-state index contributed by atoms with van der Waals surface area (Å²) in [7, 11) is 6.08. The van der Waals surface area contributed by atoms with Crippen molar-refractivity contribution in [1.29, 1.82) is 0 Å². The van der Waals surface area contributed by atoms with Crippen LogP contribution < -0.4 is 5.32 Å². The smallest absolute Gasteiger partial charge is 0.194 e. The number of guanidine groups is 1. The molecule has 0 spiro atoms. The molecule has 0 atom stereocenters. The topological polar surface area (TPSA) is 50.4 Å². The highest BCUT2D eigenvalue weighted by atomic mass is 127. The van der Waals surface area contributed by atoms with E-state index in [1.54, 1.807) is 0 Å². The molecular formula is C18H31IN6. The average Bonchev–Trinajstić information content (AvgIpc) is 3.09. The van der Waals surface area contributed by atoms with E-state index in [9.17, 15) is 0 Å². The molecule has 0 saturated heterocycles. The fourth-order valence-electron chi connectivity index (χ4n) is 2.78. The van der Waals surface area contributed by atoms with Gasteiger partial charge in [-0.05, 0) is 24.5 Å². The number of halogens is 1. The molecule has 2 rings (SSSR count). The Morgan fingerprint density at radius 2 is 2.04 bits per heavy atom. The van der Waals surface area contributed by atoms with Crippen molar-refractivity contribution in [3.8, 4) is 0 Å². The lowest BCUT2D eigenvalue weighted by molar-refractivity contribution is 0.473. The fourth-order valence-corrected chi connectivity index (χ4v) is 2.78. The number of aliphatic imine (C=N–C) groups is 1. The summed E-state index contributed by atoms with van der Waals surface area (Å²) < 4.78 is 3.94. The molecule has 2 aromatic heterocycles. The van der Waals surface area contributed by atoms with Gasteiger partial charge >= 0.3 is 0 Å². The van der Waals surface area contributed by atoms with Gasteiger partial charge in [0.05, 0.1) is 12.2 Å². The first-order valence-electron chi connectivity index (χ1n) is 8.53. The van der Waals surface area contributed by atoms with Crippen LogP contribution in [0.15, 0.2) is 29.6 Å². The zero-order valence-corrected chi connectivity index (χ0v) is 18.5. The zero-order valence-electron chi connectivity index (χ0n) is 16.2. The zero-order chi connectivity index (χ0) is 17.7. The average molecular weight is 458 g/mol. The van der Waals surface area contributed by atoms with Gasteiger partial charge in [0, 0.05) is 58.4 Å². The predicted octanol–water partition coefficient (Wildman–Crippen LogP) is 3.10. The predicted molar refractivity (Wildman–Crippen MR) is 114 cm³/mol. The lowest BCUT2D eigenvalue weighted by Crippen LogP contribution is -2.38. The van der Waals surface area contributed by atoms with Gasteiger partial charge in [0.1, 0.15) is 0 Å². The highest BCUT2D eigenvalue weighted by Gasteiger charge is 2.15. The van der Waals surface area contributed by atoms with E-state index in [0.717, 1.165) is 24.7 Å². The van der Waals surface area contributed by atoms with Crippen LogP contribution in [0.4, 0.5) is 0 Å². The van der Waals surface area contributed by atoms with Crippen molar-refractivity contribution in [2.24, 2.45) is 19.1 Å². The maximum atomic E-state index is 4.77. The van der Waals surface area contributed by atoms with E-state index in [2.05, 4.69) is 61.6 Å². The minimum atomic E-state index is 0. The second kappa shape index (κ2) is 9.84.